The average molecular weight is 395 g/mol. The van der Waals surface area contributed by atoms with Crippen molar-refractivity contribution in [3.05, 3.63) is 21.9 Å². The molecular formula is C14H26IN3S. The van der Waals surface area contributed by atoms with Crippen molar-refractivity contribution in [1.29, 1.82) is 0 Å². The van der Waals surface area contributed by atoms with Gasteiger partial charge in [0.1, 0.15) is 0 Å². The van der Waals surface area contributed by atoms with Crippen molar-refractivity contribution in [1.82, 2.24) is 10.6 Å². The van der Waals surface area contributed by atoms with Crippen LogP contribution in [0.1, 0.15) is 43.4 Å². The highest BCUT2D eigenvalue weighted by molar-refractivity contribution is 14.0. The summed E-state index contributed by atoms with van der Waals surface area (Å²) in [5.74, 6) is 0.928. The van der Waals surface area contributed by atoms with Gasteiger partial charge in [-0.1, -0.05) is 20.3 Å². The molecule has 0 unspecified atom stereocenters. The fourth-order valence-electron chi connectivity index (χ4n) is 1.58. The van der Waals surface area contributed by atoms with Crippen LogP contribution in [0.25, 0.3) is 0 Å². The number of hydrogen-bond acceptors (Lipinski definition) is 2. The lowest BCUT2D eigenvalue weighted by Crippen LogP contribution is -2.37. The number of hydrogen-bond donors (Lipinski definition) is 2. The molecule has 0 saturated carbocycles. The van der Waals surface area contributed by atoms with Crippen molar-refractivity contribution in [3.8, 4) is 0 Å². The largest absolute Gasteiger partial charge is 0.357 e. The number of aliphatic imine (C=N–C) groups is 1. The van der Waals surface area contributed by atoms with Gasteiger partial charge in [-0.05, 0) is 31.9 Å². The zero-order valence-corrected chi connectivity index (χ0v) is 15.3. The number of unbranched alkanes of at least 4 members (excludes halogenated alkanes) is 1. The molecule has 0 radical (unpaired) electrons. The first kappa shape index (κ1) is 18.7. The molecule has 0 bridgehead atoms. The highest BCUT2D eigenvalue weighted by Crippen LogP contribution is 2.17. The van der Waals surface area contributed by atoms with Crippen molar-refractivity contribution in [2.24, 2.45) is 4.99 Å². The van der Waals surface area contributed by atoms with E-state index < -0.39 is 0 Å². The highest BCUT2D eigenvalue weighted by atomic mass is 127. The van der Waals surface area contributed by atoms with Crippen LogP contribution in [0.2, 0.25) is 0 Å². The van der Waals surface area contributed by atoms with Crippen molar-refractivity contribution in [2.45, 2.75) is 46.6 Å². The average Bonchev–Trinajstić information content (AvgIpc) is 2.84. The van der Waals surface area contributed by atoms with Gasteiger partial charge in [-0.25, -0.2) is 4.99 Å². The molecule has 0 aliphatic carbocycles. The van der Waals surface area contributed by atoms with Crippen LogP contribution in [0.3, 0.4) is 0 Å². The number of rotatable bonds is 7. The van der Waals surface area contributed by atoms with Crippen molar-refractivity contribution < 1.29 is 0 Å². The molecule has 0 aliphatic rings. The van der Waals surface area contributed by atoms with Crippen LogP contribution in [0, 0.1) is 0 Å². The maximum Gasteiger partial charge on any atom is 0.191 e. The fourth-order valence-corrected chi connectivity index (χ4v) is 2.46. The van der Waals surface area contributed by atoms with E-state index in [1.165, 1.54) is 22.6 Å². The van der Waals surface area contributed by atoms with Gasteiger partial charge in [-0.15, -0.1) is 35.3 Å². The lowest BCUT2D eigenvalue weighted by molar-refractivity contribution is 0.730. The Kier molecular flexibility index (Phi) is 11.3. The van der Waals surface area contributed by atoms with Gasteiger partial charge >= 0.3 is 0 Å². The number of thiophene rings is 1. The molecule has 0 fully saturated rings. The van der Waals surface area contributed by atoms with Gasteiger partial charge < -0.3 is 10.6 Å². The van der Waals surface area contributed by atoms with Crippen molar-refractivity contribution >= 4 is 41.3 Å². The molecule has 0 spiro atoms. The normalized spacial score (nSPS) is 11.0. The third-order valence-electron chi connectivity index (χ3n) is 2.63. The Bertz CT molecular complexity index is 363. The SMILES string of the molecule is CCCCNC(=NCc1ccc(CC)s1)NCC.I. The minimum absolute atomic E-state index is 0. The van der Waals surface area contributed by atoms with Crippen LogP contribution in [-0.4, -0.2) is 19.0 Å². The Labute approximate surface area is 138 Å². The van der Waals surface area contributed by atoms with E-state index >= 15 is 0 Å². The molecule has 2 N–H and O–H groups in total. The van der Waals surface area contributed by atoms with Crippen LogP contribution in [0.5, 0.6) is 0 Å². The molecule has 1 aromatic heterocycles. The van der Waals surface area contributed by atoms with Gasteiger partial charge in [0.2, 0.25) is 0 Å². The monoisotopic (exact) mass is 395 g/mol. The predicted molar refractivity (Wildman–Crippen MR) is 96.8 cm³/mol. The summed E-state index contributed by atoms with van der Waals surface area (Å²) in [5, 5.41) is 6.63. The Hall–Kier alpha value is -0.300. The molecule has 0 saturated heterocycles. The Balaban J connectivity index is 0.00000324. The molecule has 1 rings (SSSR count). The number of nitrogens with one attached hydrogen (secondary N) is 2. The van der Waals surface area contributed by atoms with Crippen LogP contribution in [0.15, 0.2) is 17.1 Å². The number of halogens is 1. The Morgan fingerprint density at radius 2 is 1.89 bits per heavy atom. The summed E-state index contributed by atoms with van der Waals surface area (Å²) in [4.78, 5) is 7.38. The Morgan fingerprint density at radius 1 is 1.16 bits per heavy atom. The van der Waals surface area contributed by atoms with E-state index in [1.807, 2.05) is 11.3 Å². The molecule has 0 amide bonds. The van der Waals surface area contributed by atoms with Gasteiger partial charge in [0.15, 0.2) is 5.96 Å². The second-order valence-electron chi connectivity index (χ2n) is 4.20. The molecule has 0 aliphatic heterocycles. The predicted octanol–water partition coefficient (Wildman–Crippen LogP) is 3.78. The smallest absolute Gasteiger partial charge is 0.191 e. The first-order valence-corrected chi connectivity index (χ1v) is 7.71. The molecule has 1 aromatic rings. The van der Waals surface area contributed by atoms with Gasteiger partial charge in [-0.3, -0.25) is 0 Å². The van der Waals surface area contributed by atoms with E-state index in [2.05, 4.69) is 48.5 Å². The molecular weight excluding hydrogens is 369 g/mol. The molecule has 110 valence electrons. The van der Waals surface area contributed by atoms with Gasteiger partial charge in [0, 0.05) is 22.8 Å². The number of guanidine groups is 1. The van der Waals surface area contributed by atoms with Crippen molar-refractivity contribution in [2.75, 3.05) is 13.1 Å². The second kappa shape index (κ2) is 11.5. The van der Waals surface area contributed by atoms with Gasteiger partial charge in [-0.2, -0.15) is 0 Å². The Morgan fingerprint density at radius 3 is 2.47 bits per heavy atom. The standard InChI is InChI=1S/C14H25N3S.HI/c1-4-7-10-16-14(15-6-3)17-11-13-9-8-12(5-2)18-13;/h8-9H,4-7,10-11H2,1-3H3,(H2,15,16,17);1H. The van der Waals surface area contributed by atoms with Crippen LogP contribution >= 0.6 is 35.3 Å². The minimum Gasteiger partial charge on any atom is -0.357 e. The van der Waals surface area contributed by atoms with Crippen LogP contribution in [-0.2, 0) is 13.0 Å². The van der Waals surface area contributed by atoms with Crippen molar-refractivity contribution in [3.63, 3.8) is 0 Å². The third kappa shape index (κ3) is 7.77. The first-order valence-electron chi connectivity index (χ1n) is 6.89. The summed E-state index contributed by atoms with van der Waals surface area (Å²) >= 11 is 1.86. The summed E-state index contributed by atoms with van der Waals surface area (Å²) in [6, 6.07) is 4.38. The van der Waals surface area contributed by atoms with E-state index in [4.69, 9.17) is 0 Å². The highest BCUT2D eigenvalue weighted by Gasteiger charge is 1.99. The van der Waals surface area contributed by atoms with Crippen LogP contribution in [0.4, 0.5) is 0 Å². The molecule has 3 nitrogen and oxygen atoms in total. The summed E-state index contributed by atoms with van der Waals surface area (Å²) in [7, 11) is 0. The third-order valence-corrected chi connectivity index (χ3v) is 3.84. The molecule has 19 heavy (non-hydrogen) atoms. The number of nitrogens with zero attached hydrogens (tertiary/aromatic N) is 1. The topological polar surface area (TPSA) is 36.4 Å². The van der Waals surface area contributed by atoms with E-state index in [-0.39, 0.29) is 24.0 Å². The summed E-state index contributed by atoms with van der Waals surface area (Å²) in [6.07, 6.45) is 3.50. The number of aryl methyl sites for hydroxylation is 1. The quantitative estimate of drug-likeness (QED) is 0.319. The molecule has 0 aromatic carbocycles. The summed E-state index contributed by atoms with van der Waals surface area (Å²) in [6.45, 7) is 9.15. The molecule has 5 heteroatoms. The lowest BCUT2D eigenvalue weighted by Gasteiger charge is -2.10. The molecule has 1 heterocycles. The van der Waals surface area contributed by atoms with E-state index in [1.54, 1.807) is 0 Å². The summed E-state index contributed by atoms with van der Waals surface area (Å²) < 4.78 is 0. The summed E-state index contributed by atoms with van der Waals surface area (Å²) in [5.41, 5.74) is 0. The fraction of sp³-hybridized carbons (Fsp3) is 0.643. The zero-order valence-electron chi connectivity index (χ0n) is 12.2. The minimum atomic E-state index is 0. The van der Waals surface area contributed by atoms with Gasteiger partial charge in [0.25, 0.3) is 0 Å². The maximum atomic E-state index is 4.61. The maximum absolute atomic E-state index is 4.61. The van der Waals surface area contributed by atoms with Crippen LogP contribution < -0.4 is 10.6 Å². The van der Waals surface area contributed by atoms with E-state index in [0.717, 1.165) is 32.0 Å². The van der Waals surface area contributed by atoms with E-state index in [0.29, 0.717) is 0 Å². The first-order chi connectivity index (χ1) is 8.80. The molecule has 0 atom stereocenters. The van der Waals surface area contributed by atoms with Gasteiger partial charge in [0.05, 0.1) is 6.54 Å². The second-order valence-corrected chi connectivity index (χ2v) is 5.45. The lowest BCUT2D eigenvalue weighted by atomic mass is 10.3. The van der Waals surface area contributed by atoms with E-state index in [9.17, 15) is 0 Å². The zero-order chi connectivity index (χ0) is 13.2.